The molecule has 0 fully saturated rings. The second kappa shape index (κ2) is 3.28. The van der Waals surface area contributed by atoms with Crippen LogP contribution in [0.1, 0.15) is 0 Å². The molecule has 6 nitrogen and oxygen atoms in total. The van der Waals surface area contributed by atoms with Crippen molar-refractivity contribution in [3.63, 3.8) is 0 Å². The minimum absolute atomic E-state index is 0.374. The largest absolute Gasteiger partial charge is 0.443 e. The highest BCUT2D eigenvalue weighted by atomic mass is 32.1. The zero-order valence-corrected chi connectivity index (χ0v) is 8.14. The summed E-state index contributed by atoms with van der Waals surface area (Å²) in [5.41, 5.74) is 1.14. The van der Waals surface area contributed by atoms with Gasteiger partial charge in [-0.3, -0.25) is 0 Å². The van der Waals surface area contributed by atoms with Crippen molar-refractivity contribution in [2.45, 2.75) is 0 Å². The molecule has 0 N–H and O–H groups in total. The van der Waals surface area contributed by atoms with E-state index >= 15 is 0 Å². The van der Waals surface area contributed by atoms with Crippen LogP contribution in [0.3, 0.4) is 0 Å². The fourth-order valence-corrected chi connectivity index (χ4v) is 1.68. The molecule has 0 bridgehead atoms. The minimum Gasteiger partial charge on any atom is -0.443 e. The minimum atomic E-state index is 0.374. The van der Waals surface area contributed by atoms with Crippen LogP contribution in [0, 0.1) is 0 Å². The molecule has 0 spiro atoms. The van der Waals surface area contributed by atoms with E-state index in [1.165, 1.54) is 24.0 Å². The predicted molar refractivity (Wildman–Crippen MR) is 50.9 cm³/mol. The fraction of sp³-hybridized carbons (Fsp3) is 0. The number of rotatable bonds is 2. The van der Waals surface area contributed by atoms with E-state index in [2.05, 4.69) is 19.7 Å². The van der Waals surface area contributed by atoms with Crippen LogP contribution in [0.4, 0.5) is 0 Å². The average Bonchev–Trinajstić information content (AvgIpc) is 3.01. The number of hydrogen-bond acceptors (Lipinski definition) is 7. The van der Waals surface area contributed by atoms with Gasteiger partial charge < -0.3 is 8.94 Å². The van der Waals surface area contributed by atoms with E-state index in [9.17, 15) is 0 Å². The molecule has 0 aliphatic carbocycles. The van der Waals surface area contributed by atoms with Crippen molar-refractivity contribution in [1.29, 1.82) is 0 Å². The Balaban J connectivity index is 2.15. The van der Waals surface area contributed by atoms with E-state index in [4.69, 9.17) is 8.94 Å². The summed E-state index contributed by atoms with van der Waals surface area (Å²) in [7, 11) is 0. The van der Waals surface area contributed by atoms with Crippen LogP contribution < -0.4 is 0 Å². The van der Waals surface area contributed by atoms with Gasteiger partial charge in [0.2, 0.25) is 5.76 Å². The summed E-state index contributed by atoms with van der Waals surface area (Å²) in [6.45, 7) is 0. The van der Waals surface area contributed by atoms with E-state index < -0.39 is 0 Å². The Bertz CT molecular complexity index is 494. The molecule has 0 saturated carbocycles. The Morgan fingerprint density at radius 1 is 1.33 bits per heavy atom. The highest BCUT2D eigenvalue weighted by Gasteiger charge is 2.19. The van der Waals surface area contributed by atoms with Gasteiger partial charge in [0.05, 0.1) is 6.20 Å². The van der Waals surface area contributed by atoms with Crippen molar-refractivity contribution < 1.29 is 8.94 Å². The molecule has 0 radical (unpaired) electrons. The molecule has 3 aromatic rings. The quantitative estimate of drug-likeness (QED) is 0.655. The predicted octanol–water partition coefficient (Wildman–Crippen LogP) is 1.85. The molecular formula is C8H4N4O2S. The summed E-state index contributed by atoms with van der Waals surface area (Å²) < 4.78 is 14.3. The Hall–Kier alpha value is -2.02. The standard InChI is InChI=1S/C8H4N4O2S/c1-4-15-11-5(1)7-6(10-12-14-7)8-9-2-3-13-8/h1-4H. The zero-order valence-electron chi connectivity index (χ0n) is 7.32. The lowest BCUT2D eigenvalue weighted by Gasteiger charge is -1.89. The molecule has 74 valence electrons. The third-order valence-electron chi connectivity index (χ3n) is 1.79. The molecule has 0 amide bonds. The molecular weight excluding hydrogens is 216 g/mol. The van der Waals surface area contributed by atoms with Crippen molar-refractivity contribution in [2.75, 3.05) is 0 Å². The van der Waals surface area contributed by atoms with E-state index in [-0.39, 0.29) is 0 Å². The molecule has 3 rings (SSSR count). The van der Waals surface area contributed by atoms with Crippen LogP contribution in [0.5, 0.6) is 0 Å². The summed E-state index contributed by atoms with van der Waals surface area (Å²) in [5.74, 6) is 0.845. The van der Waals surface area contributed by atoms with Gasteiger partial charge >= 0.3 is 0 Å². The van der Waals surface area contributed by atoms with Crippen LogP contribution in [0.2, 0.25) is 0 Å². The van der Waals surface area contributed by atoms with Crippen LogP contribution in [-0.2, 0) is 0 Å². The number of aromatic nitrogens is 4. The lowest BCUT2D eigenvalue weighted by molar-refractivity contribution is 0.403. The first kappa shape index (κ1) is 8.30. The summed E-state index contributed by atoms with van der Waals surface area (Å²) in [6, 6.07) is 1.82. The van der Waals surface area contributed by atoms with E-state index in [0.29, 0.717) is 23.0 Å². The molecule has 0 unspecified atom stereocenters. The normalized spacial score (nSPS) is 10.7. The Morgan fingerprint density at radius 3 is 3.07 bits per heavy atom. The van der Waals surface area contributed by atoms with Gasteiger partial charge in [0.25, 0.3) is 5.89 Å². The first-order chi connectivity index (χ1) is 7.45. The average molecular weight is 220 g/mol. The van der Waals surface area contributed by atoms with E-state index in [1.807, 2.05) is 11.4 Å². The van der Waals surface area contributed by atoms with Crippen LogP contribution in [-0.4, -0.2) is 19.7 Å². The number of nitrogens with zero attached hydrogens (tertiary/aromatic N) is 4. The smallest absolute Gasteiger partial charge is 0.251 e. The summed E-state index contributed by atoms with van der Waals surface area (Å²) >= 11 is 1.33. The van der Waals surface area contributed by atoms with Gasteiger partial charge in [0, 0.05) is 10.7 Å². The highest BCUT2D eigenvalue weighted by molar-refractivity contribution is 7.03. The molecule has 0 aromatic carbocycles. The van der Waals surface area contributed by atoms with Crippen molar-refractivity contribution in [3.05, 3.63) is 23.9 Å². The molecule has 3 aromatic heterocycles. The topological polar surface area (TPSA) is 77.8 Å². The maximum absolute atomic E-state index is 5.12. The van der Waals surface area contributed by atoms with Gasteiger partial charge in [0.15, 0.2) is 5.69 Å². The number of hydrogen-bond donors (Lipinski definition) is 0. The zero-order chi connectivity index (χ0) is 10.1. The Labute approximate surface area is 87.7 Å². The van der Waals surface area contributed by atoms with Gasteiger partial charge in [-0.05, 0) is 17.6 Å². The van der Waals surface area contributed by atoms with E-state index in [1.54, 1.807) is 0 Å². The fourth-order valence-electron chi connectivity index (χ4n) is 1.17. The van der Waals surface area contributed by atoms with Crippen molar-refractivity contribution in [1.82, 2.24) is 19.7 Å². The summed E-state index contributed by atoms with van der Waals surface area (Å²) in [4.78, 5) is 3.98. The summed E-state index contributed by atoms with van der Waals surface area (Å²) in [6.07, 6.45) is 3.00. The first-order valence-corrected chi connectivity index (χ1v) is 4.92. The maximum Gasteiger partial charge on any atom is 0.251 e. The third kappa shape index (κ3) is 1.33. The molecule has 7 heteroatoms. The molecule has 0 atom stereocenters. The lowest BCUT2D eigenvalue weighted by atomic mass is 10.2. The van der Waals surface area contributed by atoms with Crippen molar-refractivity contribution >= 4 is 11.5 Å². The second-order valence-electron chi connectivity index (χ2n) is 2.67. The molecule has 0 saturated heterocycles. The van der Waals surface area contributed by atoms with Crippen LogP contribution in [0.25, 0.3) is 23.0 Å². The third-order valence-corrected chi connectivity index (χ3v) is 2.35. The van der Waals surface area contributed by atoms with Crippen LogP contribution >= 0.6 is 11.5 Å². The van der Waals surface area contributed by atoms with E-state index in [0.717, 1.165) is 0 Å². The molecule has 0 aliphatic rings. The Kier molecular flexibility index (Phi) is 1.82. The second-order valence-corrected chi connectivity index (χ2v) is 3.34. The molecule has 0 aliphatic heterocycles. The molecule has 15 heavy (non-hydrogen) atoms. The van der Waals surface area contributed by atoms with Crippen molar-refractivity contribution in [2.24, 2.45) is 0 Å². The van der Waals surface area contributed by atoms with Gasteiger partial charge in [-0.25, -0.2) is 4.98 Å². The van der Waals surface area contributed by atoms with Gasteiger partial charge in [-0.1, -0.05) is 0 Å². The Morgan fingerprint density at radius 2 is 2.33 bits per heavy atom. The number of oxazole rings is 1. The van der Waals surface area contributed by atoms with Gasteiger partial charge in [-0.2, -0.15) is 4.37 Å². The van der Waals surface area contributed by atoms with Gasteiger partial charge in [-0.15, -0.1) is 5.10 Å². The summed E-state index contributed by atoms with van der Waals surface area (Å²) in [5, 5.41) is 9.12. The SMILES string of the molecule is c1coc(-c2nnoc2-c2ccsn2)n1. The molecule has 3 heterocycles. The van der Waals surface area contributed by atoms with Crippen molar-refractivity contribution in [3.8, 4) is 23.0 Å². The first-order valence-electron chi connectivity index (χ1n) is 4.08. The van der Waals surface area contributed by atoms with Gasteiger partial charge in [0.1, 0.15) is 12.0 Å². The monoisotopic (exact) mass is 220 g/mol. The maximum atomic E-state index is 5.12. The van der Waals surface area contributed by atoms with Crippen LogP contribution in [0.15, 0.2) is 32.8 Å². The lowest BCUT2D eigenvalue weighted by Crippen LogP contribution is -1.81. The highest BCUT2D eigenvalue weighted by Crippen LogP contribution is 2.28.